The van der Waals surface area contributed by atoms with Gasteiger partial charge in [0.1, 0.15) is 16.9 Å². The molecule has 0 amide bonds. The maximum absolute atomic E-state index is 6.70. The van der Waals surface area contributed by atoms with Gasteiger partial charge < -0.3 is 9.15 Å². The summed E-state index contributed by atoms with van der Waals surface area (Å²) in [7, 11) is 1.67. The molecule has 0 aliphatic heterocycles. The quantitative estimate of drug-likeness (QED) is 0.336. The fourth-order valence-electron chi connectivity index (χ4n) is 3.62. The van der Waals surface area contributed by atoms with Gasteiger partial charge in [-0.3, -0.25) is 0 Å². The zero-order chi connectivity index (χ0) is 17.7. The molecule has 0 radical (unpaired) electrons. The van der Waals surface area contributed by atoms with Crippen LogP contribution in [0.3, 0.4) is 0 Å². The fraction of sp³-hybridized carbons (Fsp3) is 0.0435. The van der Waals surface area contributed by atoms with Gasteiger partial charge in [0, 0.05) is 22.2 Å². The van der Waals surface area contributed by atoms with Crippen molar-refractivity contribution in [2.45, 2.75) is 0 Å². The van der Waals surface area contributed by atoms with E-state index in [1.54, 1.807) is 7.11 Å². The van der Waals surface area contributed by atoms with Crippen LogP contribution in [0, 0.1) is 0 Å². The van der Waals surface area contributed by atoms with Gasteiger partial charge in [0.15, 0.2) is 0 Å². The second kappa shape index (κ2) is 5.79. The van der Waals surface area contributed by atoms with Crippen molar-refractivity contribution in [1.29, 1.82) is 0 Å². The van der Waals surface area contributed by atoms with Crippen molar-refractivity contribution >= 4 is 44.3 Å². The van der Waals surface area contributed by atoms with Crippen molar-refractivity contribution in [2.75, 3.05) is 7.11 Å². The molecule has 2 nitrogen and oxygen atoms in total. The maximum Gasteiger partial charge on any atom is 0.144 e. The molecule has 26 heavy (non-hydrogen) atoms. The smallest absolute Gasteiger partial charge is 0.144 e. The monoisotopic (exact) mass is 358 g/mol. The summed E-state index contributed by atoms with van der Waals surface area (Å²) in [5.74, 6) is 0.760. The van der Waals surface area contributed by atoms with Gasteiger partial charge in [0.2, 0.25) is 0 Å². The summed E-state index contributed by atoms with van der Waals surface area (Å²) in [6.07, 6.45) is 0. The molecule has 0 aliphatic carbocycles. The number of halogens is 1. The molecule has 0 spiro atoms. The van der Waals surface area contributed by atoms with E-state index in [0.29, 0.717) is 5.02 Å². The van der Waals surface area contributed by atoms with Crippen LogP contribution in [-0.4, -0.2) is 7.11 Å². The van der Waals surface area contributed by atoms with E-state index in [2.05, 4.69) is 18.2 Å². The molecular formula is C23H15ClO2. The summed E-state index contributed by atoms with van der Waals surface area (Å²) < 4.78 is 11.8. The number of hydrogen-bond acceptors (Lipinski definition) is 2. The predicted molar refractivity (Wildman–Crippen MR) is 108 cm³/mol. The number of methoxy groups -OCH3 is 1. The fourth-order valence-corrected chi connectivity index (χ4v) is 3.92. The minimum absolute atomic E-state index is 0.694. The molecule has 5 aromatic rings. The summed E-state index contributed by atoms with van der Waals surface area (Å²) in [5, 5.41) is 4.78. The van der Waals surface area contributed by atoms with Crippen LogP contribution in [0.25, 0.3) is 43.8 Å². The Morgan fingerprint density at radius 2 is 1.62 bits per heavy atom. The lowest BCUT2D eigenvalue weighted by Crippen LogP contribution is -1.86. The van der Waals surface area contributed by atoms with E-state index in [-0.39, 0.29) is 0 Å². The zero-order valence-electron chi connectivity index (χ0n) is 14.1. The van der Waals surface area contributed by atoms with Crippen molar-refractivity contribution in [3.8, 4) is 16.9 Å². The predicted octanol–water partition coefficient (Wildman–Crippen LogP) is 7.07. The first-order valence-corrected chi connectivity index (χ1v) is 8.81. The molecule has 0 atom stereocenters. The van der Waals surface area contributed by atoms with Crippen molar-refractivity contribution in [1.82, 2.24) is 0 Å². The molecule has 126 valence electrons. The van der Waals surface area contributed by atoms with Gasteiger partial charge in [-0.05, 0) is 28.6 Å². The number of rotatable bonds is 2. The Bertz CT molecular complexity index is 1270. The molecule has 0 aliphatic rings. The van der Waals surface area contributed by atoms with E-state index in [9.17, 15) is 0 Å². The zero-order valence-corrected chi connectivity index (χ0v) is 14.9. The number of ether oxygens (including phenoxy) is 1. The summed E-state index contributed by atoms with van der Waals surface area (Å²) in [4.78, 5) is 0. The average molecular weight is 359 g/mol. The van der Waals surface area contributed by atoms with Crippen LogP contribution in [0.5, 0.6) is 5.75 Å². The Morgan fingerprint density at radius 3 is 2.42 bits per heavy atom. The second-order valence-electron chi connectivity index (χ2n) is 6.30. The highest BCUT2D eigenvalue weighted by Gasteiger charge is 2.19. The van der Waals surface area contributed by atoms with Crippen LogP contribution < -0.4 is 4.74 Å². The van der Waals surface area contributed by atoms with Crippen molar-refractivity contribution in [3.05, 3.63) is 77.8 Å². The van der Waals surface area contributed by atoms with Crippen LogP contribution in [-0.2, 0) is 0 Å². The molecule has 4 aromatic carbocycles. The first kappa shape index (κ1) is 15.3. The molecule has 5 rings (SSSR count). The Hall–Kier alpha value is -2.97. The van der Waals surface area contributed by atoms with E-state index in [0.717, 1.165) is 49.6 Å². The van der Waals surface area contributed by atoms with Crippen LogP contribution in [0.15, 0.2) is 77.2 Å². The summed E-state index contributed by atoms with van der Waals surface area (Å²) in [6, 6.07) is 24.3. The third-order valence-corrected chi connectivity index (χ3v) is 5.11. The molecule has 3 heteroatoms. The molecular weight excluding hydrogens is 344 g/mol. The van der Waals surface area contributed by atoms with Gasteiger partial charge in [-0.2, -0.15) is 0 Å². The molecule has 0 saturated heterocycles. The van der Waals surface area contributed by atoms with E-state index in [4.69, 9.17) is 20.8 Å². The molecule has 1 aromatic heterocycles. The molecule has 0 fully saturated rings. The minimum atomic E-state index is 0.694. The summed E-state index contributed by atoms with van der Waals surface area (Å²) in [5.41, 5.74) is 3.74. The van der Waals surface area contributed by atoms with Gasteiger partial charge in [-0.25, -0.2) is 0 Å². The molecule has 0 bridgehead atoms. The van der Waals surface area contributed by atoms with Gasteiger partial charge in [0.05, 0.1) is 12.1 Å². The SMILES string of the molecule is COc1cc(-c2ccccc2)c2c(c1)oc1c3ccccc3cc(Cl)c12. The first-order chi connectivity index (χ1) is 12.8. The van der Waals surface area contributed by atoms with Crippen LogP contribution in [0.1, 0.15) is 0 Å². The van der Waals surface area contributed by atoms with Crippen molar-refractivity contribution < 1.29 is 9.15 Å². The van der Waals surface area contributed by atoms with Gasteiger partial charge in [-0.15, -0.1) is 0 Å². The molecule has 1 heterocycles. The minimum Gasteiger partial charge on any atom is -0.497 e. The van der Waals surface area contributed by atoms with E-state index in [1.165, 1.54) is 0 Å². The standard InChI is InChI=1S/C23H15ClO2/c1-25-16-12-18(14-7-3-2-4-8-14)21-20(13-16)26-23-17-10-6-5-9-15(17)11-19(24)22(21)23/h2-13H,1H3. The number of hydrogen-bond donors (Lipinski definition) is 0. The highest BCUT2D eigenvalue weighted by molar-refractivity contribution is 6.40. The Kier molecular flexibility index (Phi) is 3.41. The Labute approximate surface area is 155 Å². The third-order valence-electron chi connectivity index (χ3n) is 4.81. The van der Waals surface area contributed by atoms with Crippen LogP contribution >= 0.6 is 11.6 Å². The largest absolute Gasteiger partial charge is 0.497 e. The Morgan fingerprint density at radius 1 is 0.846 bits per heavy atom. The lowest BCUT2D eigenvalue weighted by Gasteiger charge is -2.08. The van der Waals surface area contributed by atoms with E-state index < -0.39 is 0 Å². The average Bonchev–Trinajstić information content (AvgIpc) is 3.08. The molecule has 0 N–H and O–H groups in total. The van der Waals surface area contributed by atoms with E-state index in [1.807, 2.05) is 54.6 Å². The van der Waals surface area contributed by atoms with Crippen molar-refractivity contribution in [3.63, 3.8) is 0 Å². The number of furan rings is 1. The lowest BCUT2D eigenvalue weighted by molar-refractivity contribution is 0.415. The summed E-state index contributed by atoms with van der Waals surface area (Å²) in [6.45, 7) is 0. The number of benzene rings is 4. The maximum atomic E-state index is 6.70. The number of fused-ring (bicyclic) bond motifs is 5. The van der Waals surface area contributed by atoms with Crippen LogP contribution in [0.4, 0.5) is 0 Å². The molecule has 0 unspecified atom stereocenters. The highest BCUT2D eigenvalue weighted by atomic mass is 35.5. The van der Waals surface area contributed by atoms with Crippen LogP contribution in [0.2, 0.25) is 5.02 Å². The van der Waals surface area contributed by atoms with Gasteiger partial charge in [0.25, 0.3) is 0 Å². The molecule has 0 saturated carbocycles. The summed E-state index contributed by atoms with van der Waals surface area (Å²) >= 11 is 6.70. The Balaban J connectivity index is 2.01. The highest BCUT2D eigenvalue weighted by Crippen LogP contribution is 2.44. The van der Waals surface area contributed by atoms with Gasteiger partial charge in [-0.1, -0.05) is 66.2 Å². The lowest BCUT2D eigenvalue weighted by atomic mass is 9.98. The van der Waals surface area contributed by atoms with Gasteiger partial charge >= 0.3 is 0 Å². The first-order valence-electron chi connectivity index (χ1n) is 8.43. The topological polar surface area (TPSA) is 22.4 Å². The van der Waals surface area contributed by atoms with E-state index >= 15 is 0 Å². The second-order valence-corrected chi connectivity index (χ2v) is 6.71. The van der Waals surface area contributed by atoms with Crippen molar-refractivity contribution in [2.24, 2.45) is 0 Å². The normalized spacial score (nSPS) is 11.5. The third kappa shape index (κ3) is 2.19.